The van der Waals surface area contributed by atoms with Gasteiger partial charge in [-0.15, -0.1) is 0 Å². The summed E-state index contributed by atoms with van der Waals surface area (Å²) in [6.45, 7) is 6.73. The molecule has 94 valence electrons. The molecule has 0 aliphatic heterocycles. The number of hydrogen-bond acceptors (Lipinski definition) is 2. The fourth-order valence-electron chi connectivity index (χ4n) is 2.42. The molecule has 0 heterocycles. The highest BCUT2D eigenvalue weighted by Gasteiger charge is 2.22. The minimum atomic E-state index is -0.740. The molecule has 0 aliphatic rings. The number of benzene rings is 1. The number of nitrogens with one attached hydrogen (secondary N) is 1. The van der Waals surface area contributed by atoms with Gasteiger partial charge in [0.2, 0.25) is 0 Å². The van der Waals surface area contributed by atoms with E-state index in [9.17, 15) is 9.90 Å². The Morgan fingerprint density at radius 3 is 2.24 bits per heavy atom. The number of rotatable bonds is 5. The minimum absolute atomic E-state index is 0.414. The largest absolute Gasteiger partial charge is 0.481 e. The van der Waals surface area contributed by atoms with E-state index in [1.807, 2.05) is 27.8 Å². The topological polar surface area (TPSA) is 49.3 Å². The van der Waals surface area contributed by atoms with Crippen molar-refractivity contribution < 1.29 is 9.90 Å². The molecule has 3 heteroatoms. The zero-order valence-electron chi connectivity index (χ0n) is 11.0. The summed E-state index contributed by atoms with van der Waals surface area (Å²) < 4.78 is 0. The Morgan fingerprint density at radius 2 is 1.82 bits per heavy atom. The van der Waals surface area contributed by atoms with E-state index in [1.54, 1.807) is 0 Å². The van der Waals surface area contributed by atoms with Crippen LogP contribution in [0.1, 0.15) is 34.6 Å². The number of hydrogen-bond donors (Lipinski definition) is 2. The number of carboxylic acids is 1. The first-order chi connectivity index (χ1) is 7.97. The number of carboxylic acid groups (broad SMARTS) is 1. The summed E-state index contributed by atoms with van der Waals surface area (Å²) in [6.07, 6.45) is 0.622. The molecule has 1 aromatic rings. The van der Waals surface area contributed by atoms with Crippen LogP contribution in [-0.4, -0.2) is 24.7 Å². The van der Waals surface area contributed by atoms with Gasteiger partial charge in [-0.1, -0.05) is 17.7 Å². The van der Waals surface area contributed by atoms with Crippen LogP contribution < -0.4 is 5.32 Å². The summed E-state index contributed by atoms with van der Waals surface area (Å²) in [5.74, 6) is -1.15. The molecule has 0 amide bonds. The van der Waals surface area contributed by atoms with Crippen LogP contribution in [0, 0.1) is 20.8 Å². The summed E-state index contributed by atoms with van der Waals surface area (Å²) in [5.41, 5.74) is 4.30. The normalized spacial score (nSPS) is 12.5. The van der Waals surface area contributed by atoms with E-state index in [0.29, 0.717) is 13.0 Å². The van der Waals surface area contributed by atoms with Crippen LogP contribution in [0.2, 0.25) is 0 Å². The Hall–Kier alpha value is -1.35. The zero-order valence-corrected chi connectivity index (χ0v) is 11.0. The molecule has 0 fully saturated rings. The predicted octanol–water partition coefficient (Wildman–Crippen LogP) is 2.39. The highest BCUT2D eigenvalue weighted by atomic mass is 16.4. The first kappa shape index (κ1) is 13.7. The van der Waals surface area contributed by atoms with E-state index in [-0.39, 0.29) is 0 Å². The summed E-state index contributed by atoms with van der Waals surface area (Å²) in [6, 6.07) is 4.11. The van der Waals surface area contributed by atoms with Crippen LogP contribution in [0.4, 0.5) is 0 Å². The summed E-state index contributed by atoms with van der Waals surface area (Å²) in [5, 5.41) is 12.4. The monoisotopic (exact) mass is 235 g/mol. The van der Waals surface area contributed by atoms with Crippen molar-refractivity contribution >= 4 is 5.97 Å². The van der Waals surface area contributed by atoms with Gasteiger partial charge in [-0.3, -0.25) is 4.79 Å². The molecule has 0 spiro atoms. The van der Waals surface area contributed by atoms with E-state index in [2.05, 4.69) is 17.4 Å². The van der Waals surface area contributed by atoms with Gasteiger partial charge < -0.3 is 10.4 Å². The molecule has 3 nitrogen and oxygen atoms in total. The zero-order chi connectivity index (χ0) is 13.0. The van der Waals surface area contributed by atoms with Gasteiger partial charge >= 0.3 is 5.97 Å². The van der Waals surface area contributed by atoms with Crippen LogP contribution >= 0.6 is 0 Å². The van der Waals surface area contributed by atoms with E-state index in [4.69, 9.17) is 0 Å². The smallest absolute Gasteiger partial charge is 0.311 e. The maximum absolute atomic E-state index is 11.4. The molecule has 1 unspecified atom stereocenters. The predicted molar refractivity (Wildman–Crippen MR) is 69.6 cm³/mol. The Labute approximate surface area is 103 Å². The molecule has 0 saturated carbocycles. The maximum Gasteiger partial charge on any atom is 0.311 e. The average Bonchev–Trinajstić information content (AvgIpc) is 2.20. The second-order valence-corrected chi connectivity index (χ2v) is 4.60. The van der Waals surface area contributed by atoms with Gasteiger partial charge in [0.05, 0.1) is 5.92 Å². The van der Waals surface area contributed by atoms with Gasteiger partial charge in [-0.25, -0.2) is 0 Å². The van der Waals surface area contributed by atoms with E-state index in [1.165, 1.54) is 5.56 Å². The lowest BCUT2D eigenvalue weighted by atomic mass is 9.87. The molecule has 17 heavy (non-hydrogen) atoms. The summed E-state index contributed by atoms with van der Waals surface area (Å²) in [4.78, 5) is 11.4. The molecule has 0 radical (unpaired) electrons. The number of aryl methyl sites for hydroxylation is 3. The second-order valence-electron chi connectivity index (χ2n) is 4.60. The van der Waals surface area contributed by atoms with Crippen molar-refractivity contribution in [1.82, 2.24) is 5.32 Å². The third-order valence-corrected chi connectivity index (χ3v) is 3.07. The lowest BCUT2D eigenvalue weighted by molar-refractivity contribution is -0.139. The van der Waals surface area contributed by atoms with Crippen LogP contribution in [0.25, 0.3) is 0 Å². The quantitative estimate of drug-likeness (QED) is 0.824. The van der Waals surface area contributed by atoms with Gasteiger partial charge in [-0.05, 0) is 57.5 Å². The van der Waals surface area contributed by atoms with Gasteiger partial charge in [0.1, 0.15) is 0 Å². The number of aliphatic carboxylic acids is 1. The fraction of sp³-hybridized carbons (Fsp3) is 0.500. The van der Waals surface area contributed by atoms with E-state index >= 15 is 0 Å². The molecular weight excluding hydrogens is 214 g/mol. The summed E-state index contributed by atoms with van der Waals surface area (Å²) >= 11 is 0. The fourth-order valence-corrected chi connectivity index (χ4v) is 2.42. The molecule has 0 aromatic heterocycles. The summed E-state index contributed by atoms with van der Waals surface area (Å²) in [7, 11) is 1.84. The minimum Gasteiger partial charge on any atom is -0.481 e. The molecule has 2 N–H and O–H groups in total. The van der Waals surface area contributed by atoms with Crippen molar-refractivity contribution in [2.45, 2.75) is 33.1 Å². The van der Waals surface area contributed by atoms with Crippen molar-refractivity contribution in [1.29, 1.82) is 0 Å². The molecule has 0 aliphatic carbocycles. The van der Waals surface area contributed by atoms with Crippen molar-refractivity contribution in [3.8, 4) is 0 Å². The second kappa shape index (κ2) is 5.82. The Bertz CT molecular complexity index is 390. The Morgan fingerprint density at radius 1 is 1.29 bits per heavy atom. The highest BCUT2D eigenvalue weighted by Crippen LogP contribution is 2.27. The third-order valence-electron chi connectivity index (χ3n) is 3.07. The van der Waals surface area contributed by atoms with Gasteiger partial charge in [0, 0.05) is 0 Å². The molecule has 1 rings (SSSR count). The van der Waals surface area contributed by atoms with Crippen LogP contribution in [0.15, 0.2) is 12.1 Å². The van der Waals surface area contributed by atoms with Gasteiger partial charge in [-0.2, -0.15) is 0 Å². The molecular formula is C14H21NO2. The van der Waals surface area contributed by atoms with Crippen LogP contribution in [0.5, 0.6) is 0 Å². The van der Waals surface area contributed by atoms with Crippen molar-refractivity contribution in [2.75, 3.05) is 13.6 Å². The van der Waals surface area contributed by atoms with E-state index < -0.39 is 11.9 Å². The lowest BCUT2D eigenvalue weighted by Gasteiger charge is -2.18. The lowest BCUT2D eigenvalue weighted by Crippen LogP contribution is -2.20. The SMILES string of the molecule is CNCCC(C(=O)O)c1c(C)cc(C)cc1C. The van der Waals surface area contributed by atoms with Gasteiger partial charge in [0.15, 0.2) is 0 Å². The Kier molecular flexibility index (Phi) is 4.70. The maximum atomic E-state index is 11.4. The van der Waals surface area contributed by atoms with Crippen LogP contribution in [-0.2, 0) is 4.79 Å². The first-order valence-electron chi connectivity index (χ1n) is 5.92. The van der Waals surface area contributed by atoms with Crippen LogP contribution in [0.3, 0.4) is 0 Å². The standard InChI is InChI=1S/C14H21NO2/c1-9-7-10(2)13(11(3)8-9)12(14(16)17)5-6-15-4/h7-8,12,15H,5-6H2,1-4H3,(H,16,17). The van der Waals surface area contributed by atoms with Crippen molar-refractivity contribution in [3.63, 3.8) is 0 Å². The molecule has 1 atom stereocenters. The highest BCUT2D eigenvalue weighted by molar-refractivity contribution is 5.77. The molecule has 0 saturated heterocycles. The third kappa shape index (κ3) is 3.30. The van der Waals surface area contributed by atoms with Crippen molar-refractivity contribution in [3.05, 3.63) is 34.4 Å². The Balaban J connectivity index is 3.14. The first-order valence-corrected chi connectivity index (χ1v) is 5.92. The van der Waals surface area contributed by atoms with Crippen molar-refractivity contribution in [2.24, 2.45) is 0 Å². The van der Waals surface area contributed by atoms with E-state index in [0.717, 1.165) is 16.7 Å². The number of carbonyl (C=O) groups is 1. The van der Waals surface area contributed by atoms with Gasteiger partial charge in [0.25, 0.3) is 0 Å². The molecule has 0 bridgehead atoms. The average molecular weight is 235 g/mol. The molecule has 1 aromatic carbocycles.